The molecule has 5 aromatic heterocycles. The monoisotopic (exact) mass is 419 g/mol. The number of nitrogens with zero attached hydrogens (tertiary/aromatic N) is 6. The van der Waals surface area contributed by atoms with E-state index in [0.717, 1.165) is 10.4 Å². The number of carbonyl (C=O) groups excluding carboxylic acids is 1. The molecule has 1 amide bonds. The number of anilines is 1. The van der Waals surface area contributed by atoms with Gasteiger partial charge in [-0.3, -0.25) is 9.78 Å². The van der Waals surface area contributed by atoms with Gasteiger partial charge in [-0.25, -0.2) is 19.0 Å². The summed E-state index contributed by atoms with van der Waals surface area (Å²) in [7, 11) is 0. The molecule has 0 aliphatic rings. The number of carbonyl (C=O) groups is 2. The zero-order valence-corrected chi connectivity index (χ0v) is 16.3. The third-order valence-corrected chi connectivity index (χ3v) is 5.64. The van der Waals surface area contributed by atoms with Crippen LogP contribution in [0.25, 0.3) is 20.9 Å². The van der Waals surface area contributed by atoms with Crippen molar-refractivity contribution in [2.75, 3.05) is 5.32 Å². The molecule has 11 heteroatoms. The third-order valence-electron chi connectivity index (χ3n) is 4.55. The lowest BCUT2D eigenvalue weighted by molar-refractivity contribution is 0.0696. The topological polar surface area (TPSA) is 127 Å². The number of fused-ring (bicyclic) bond motifs is 2. The van der Waals surface area contributed by atoms with E-state index in [1.165, 1.54) is 29.8 Å². The third kappa shape index (κ3) is 2.88. The number of hydrogen-bond acceptors (Lipinski definition) is 7. The molecule has 0 radical (unpaired) electrons. The molecular weight excluding hydrogens is 406 g/mol. The predicted octanol–water partition coefficient (Wildman–Crippen LogP) is 2.78. The normalized spacial score (nSPS) is 11.2. The van der Waals surface area contributed by atoms with Crippen molar-refractivity contribution in [1.29, 1.82) is 0 Å². The summed E-state index contributed by atoms with van der Waals surface area (Å²) in [5.74, 6) is -1.52. The van der Waals surface area contributed by atoms with Crippen LogP contribution >= 0.6 is 11.3 Å². The van der Waals surface area contributed by atoms with Crippen LogP contribution in [0, 0.1) is 6.92 Å². The predicted molar refractivity (Wildman–Crippen MR) is 109 cm³/mol. The van der Waals surface area contributed by atoms with E-state index in [0.29, 0.717) is 27.4 Å². The first-order valence-electron chi connectivity index (χ1n) is 8.79. The lowest BCUT2D eigenvalue weighted by atomic mass is 10.2. The number of aryl methyl sites for hydroxylation is 1. The molecule has 0 unspecified atom stereocenters. The van der Waals surface area contributed by atoms with E-state index in [-0.39, 0.29) is 5.56 Å². The van der Waals surface area contributed by atoms with Crippen LogP contribution in [0.4, 0.5) is 5.69 Å². The van der Waals surface area contributed by atoms with Crippen molar-refractivity contribution < 1.29 is 14.7 Å². The van der Waals surface area contributed by atoms with Gasteiger partial charge in [0.05, 0.1) is 41.1 Å². The van der Waals surface area contributed by atoms with Gasteiger partial charge in [-0.1, -0.05) is 11.3 Å². The van der Waals surface area contributed by atoms with E-state index in [1.807, 2.05) is 12.1 Å². The van der Waals surface area contributed by atoms with Crippen LogP contribution in [0.3, 0.4) is 0 Å². The van der Waals surface area contributed by atoms with Gasteiger partial charge in [-0.15, -0.1) is 0 Å². The Morgan fingerprint density at radius 3 is 2.87 bits per heavy atom. The van der Waals surface area contributed by atoms with Crippen molar-refractivity contribution in [2.45, 2.75) is 6.92 Å². The van der Waals surface area contributed by atoms with Gasteiger partial charge in [-0.05, 0) is 25.1 Å². The molecule has 10 nitrogen and oxygen atoms in total. The number of carboxylic acid groups (broad SMARTS) is 1. The minimum atomic E-state index is -1.12. The number of aromatic nitrogens is 6. The first kappa shape index (κ1) is 17.9. The van der Waals surface area contributed by atoms with Gasteiger partial charge in [0.15, 0.2) is 5.65 Å². The summed E-state index contributed by atoms with van der Waals surface area (Å²) in [6.45, 7) is 1.69. The fourth-order valence-electron chi connectivity index (χ4n) is 3.02. The van der Waals surface area contributed by atoms with E-state index in [2.05, 4.69) is 25.5 Å². The lowest BCUT2D eigenvalue weighted by Gasteiger charge is -2.07. The second kappa shape index (κ2) is 6.74. The number of carboxylic acids is 1. The molecule has 148 valence electrons. The van der Waals surface area contributed by atoms with Gasteiger partial charge in [0.1, 0.15) is 9.83 Å². The molecule has 0 atom stereocenters. The molecule has 30 heavy (non-hydrogen) atoms. The van der Waals surface area contributed by atoms with Gasteiger partial charge in [0.25, 0.3) is 5.91 Å². The highest BCUT2D eigenvalue weighted by molar-refractivity contribution is 7.20. The summed E-state index contributed by atoms with van der Waals surface area (Å²) in [6.07, 6.45) is 7.91. The van der Waals surface area contributed by atoms with E-state index in [9.17, 15) is 9.59 Å². The fourth-order valence-corrected chi connectivity index (χ4v) is 4.04. The highest BCUT2D eigenvalue weighted by atomic mass is 32.1. The SMILES string of the molecule is Cc1ncc(C(=O)O)cc1NC(=O)c1cnn2cc(-n3ncc4cccnc43)sc12. The lowest BCUT2D eigenvalue weighted by Crippen LogP contribution is -2.13. The van der Waals surface area contributed by atoms with Crippen LogP contribution in [0.1, 0.15) is 26.4 Å². The highest BCUT2D eigenvalue weighted by Gasteiger charge is 2.19. The zero-order chi connectivity index (χ0) is 20.8. The molecule has 5 aromatic rings. The standard InChI is InChI=1S/C19H13N7O3S/c1-10-14(5-12(6-21-10)19(28)29)24-17(27)13-8-22-25-9-15(30-18(13)25)26-16-11(7-23-26)3-2-4-20-16/h2-9H,1H3,(H,24,27)(H,28,29). The van der Waals surface area contributed by atoms with Crippen molar-refractivity contribution in [2.24, 2.45) is 0 Å². The van der Waals surface area contributed by atoms with Crippen LogP contribution in [-0.2, 0) is 0 Å². The van der Waals surface area contributed by atoms with Gasteiger partial charge in [-0.2, -0.15) is 10.2 Å². The summed E-state index contributed by atoms with van der Waals surface area (Å²) >= 11 is 1.34. The Bertz CT molecular complexity index is 1450. The molecule has 0 saturated heterocycles. The first-order valence-corrected chi connectivity index (χ1v) is 9.60. The number of amides is 1. The molecule has 5 rings (SSSR count). The molecule has 0 saturated carbocycles. The quantitative estimate of drug-likeness (QED) is 0.458. The Hall–Kier alpha value is -4.12. The molecule has 0 aromatic carbocycles. The van der Waals surface area contributed by atoms with Crippen LogP contribution in [0.5, 0.6) is 0 Å². The molecule has 0 spiro atoms. The van der Waals surface area contributed by atoms with Crippen molar-refractivity contribution >= 4 is 44.8 Å². The fraction of sp³-hybridized carbons (Fsp3) is 0.0526. The Morgan fingerprint density at radius 1 is 1.17 bits per heavy atom. The Balaban J connectivity index is 1.51. The van der Waals surface area contributed by atoms with E-state index in [4.69, 9.17) is 5.11 Å². The Morgan fingerprint density at radius 2 is 2.03 bits per heavy atom. The molecular formula is C19H13N7O3S. The number of pyridine rings is 2. The number of thiazole rings is 1. The van der Waals surface area contributed by atoms with Crippen molar-refractivity contribution in [1.82, 2.24) is 29.4 Å². The van der Waals surface area contributed by atoms with Gasteiger partial charge in [0.2, 0.25) is 0 Å². The molecule has 2 N–H and O–H groups in total. The molecule has 0 fully saturated rings. The second-order valence-electron chi connectivity index (χ2n) is 6.47. The smallest absolute Gasteiger partial charge is 0.337 e. The summed E-state index contributed by atoms with van der Waals surface area (Å²) in [5.41, 5.74) is 1.90. The van der Waals surface area contributed by atoms with Gasteiger partial charge < -0.3 is 10.4 Å². The van der Waals surface area contributed by atoms with E-state index >= 15 is 0 Å². The number of nitrogens with one attached hydrogen (secondary N) is 1. The van der Waals surface area contributed by atoms with Crippen molar-refractivity contribution in [3.8, 4) is 5.00 Å². The minimum absolute atomic E-state index is 0.00692. The van der Waals surface area contributed by atoms with Crippen LogP contribution < -0.4 is 5.32 Å². The number of rotatable bonds is 4. The van der Waals surface area contributed by atoms with Gasteiger partial charge >= 0.3 is 5.97 Å². The van der Waals surface area contributed by atoms with E-state index < -0.39 is 11.9 Å². The number of hydrogen-bond donors (Lipinski definition) is 2. The first-order chi connectivity index (χ1) is 14.5. The maximum absolute atomic E-state index is 12.9. The summed E-state index contributed by atoms with van der Waals surface area (Å²) in [5, 5.41) is 22.2. The maximum Gasteiger partial charge on any atom is 0.337 e. The molecule has 5 heterocycles. The Kier molecular flexibility index (Phi) is 4.03. The van der Waals surface area contributed by atoms with Crippen molar-refractivity contribution in [3.05, 3.63) is 66.0 Å². The molecule has 0 aliphatic heterocycles. The average Bonchev–Trinajstić information content (AvgIpc) is 3.42. The number of aromatic carboxylic acids is 1. The maximum atomic E-state index is 12.9. The molecule has 0 aliphatic carbocycles. The van der Waals surface area contributed by atoms with E-state index in [1.54, 1.807) is 34.7 Å². The largest absolute Gasteiger partial charge is 0.478 e. The average molecular weight is 419 g/mol. The minimum Gasteiger partial charge on any atom is -0.478 e. The molecule has 0 bridgehead atoms. The van der Waals surface area contributed by atoms with Crippen LogP contribution in [0.15, 0.2) is 49.2 Å². The highest BCUT2D eigenvalue weighted by Crippen LogP contribution is 2.27. The van der Waals surface area contributed by atoms with Gasteiger partial charge in [0, 0.05) is 17.8 Å². The van der Waals surface area contributed by atoms with Crippen LogP contribution in [0.2, 0.25) is 0 Å². The Labute approximate surface area is 172 Å². The van der Waals surface area contributed by atoms with Crippen molar-refractivity contribution in [3.63, 3.8) is 0 Å². The van der Waals surface area contributed by atoms with Crippen LogP contribution in [-0.4, -0.2) is 46.3 Å². The zero-order valence-electron chi connectivity index (χ0n) is 15.5. The summed E-state index contributed by atoms with van der Waals surface area (Å²) < 4.78 is 3.30. The summed E-state index contributed by atoms with van der Waals surface area (Å²) in [4.78, 5) is 33.1. The summed E-state index contributed by atoms with van der Waals surface area (Å²) in [6, 6.07) is 5.14. The second-order valence-corrected chi connectivity index (χ2v) is 7.48.